The van der Waals surface area contributed by atoms with Crippen molar-refractivity contribution < 1.29 is 4.74 Å². The van der Waals surface area contributed by atoms with Gasteiger partial charge in [0.1, 0.15) is 0 Å². The Balaban J connectivity index is 1.47. The maximum absolute atomic E-state index is 5.94. The molecule has 21 heavy (non-hydrogen) atoms. The third kappa shape index (κ3) is 6.92. The van der Waals surface area contributed by atoms with E-state index in [0.717, 1.165) is 37.3 Å². The summed E-state index contributed by atoms with van der Waals surface area (Å²) >= 11 is 2.08. The minimum absolute atomic E-state index is 0.524. The summed E-state index contributed by atoms with van der Waals surface area (Å²) < 4.78 is 5.94. The molecule has 0 bridgehead atoms. The van der Waals surface area contributed by atoms with Crippen molar-refractivity contribution in [3.05, 3.63) is 0 Å². The van der Waals surface area contributed by atoms with Crippen LogP contribution < -0.4 is 10.6 Å². The first-order valence-corrected chi connectivity index (χ1v) is 9.61. The van der Waals surface area contributed by atoms with Crippen molar-refractivity contribution in [2.24, 2.45) is 4.99 Å². The summed E-state index contributed by atoms with van der Waals surface area (Å²) in [6, 6.07) is 0. The van der Waals surface area contributed by atoms with Crippen molar-refractivity contribution in [2.75, 3.05) is 32.5 Å². The van der Waals surface area contributed by atoms with Crippen molar-refractivity contribution in [2.45, 2.75) is 62.7 Å². The van der Waals surface area contributed by atoms with Crippen LogP contribution in [0.25, 0.3) is 0 Å². The van der Waals surface area contributed by atoms with E-state index in [-0.39, 0.29) is 0 Å². The third-order valence-electron chi connectivity index (χ3n) is 4.26. The molecule has 1 saturated carbocycles. The number of nitrogens with one attached hydrogen (secondary N) is 2. The molecule has 1 unspecified atom stereocenters. The number of nitrogens with zero attached hydrogens (tertiary/aromatic N) is 1. The van der Waals surface area contributed by atoms with E-state index in [4.69, 9.17) is 4.74 Å². The van der Waals surface area contributed by atoms with Crippen LogP contribution in [0.5, 0.6) is 0 Å². The number of aliphatic imine (C=N–C) groups is 1. The van der Waals surface area contributed by atoms with E-state index in [1.54, 1.807) is 0 Å². The molecule has 1 atom stereocenters. The lowest BCUT2D eigenvalue weighted by atomic mass is 9.98. The molecule has 1 aliphatic heterocycles. The van der Waals surface area contributed by atoms with Gasteiger partial charge in [0.2, 0.25) is 0 Å². The number of ether oxygens (including phenoxy) is 1. The van der Waals surface area contributed by atoms with Crippen LogP contribution >= 0.6 is 11.8 Å². The molecule has 1 heterocycles. The van der Waals surface area contributed by atoms with Gasteiger partial charge in [0.15, 0.2) is 5.96 Å². The molecule has 4 nitrogen and oxygen atoms in total. The van der Waals surface area contributed by atoms with Gasteiger partial charge in [-0.1, -0.05) is 19.3 Å². The highest BCUT2D eigenvalue weighted by atomic mass is 32.2. The summed E-state index contributed by atoms with van der Waals surface area (Å²) in [5.74, 6) is 2.25. The second kappa shape index (κ2) is 10.3. The molecule has 0 aromatic heterocycles. The monoisotopic (exact) mass is 313 g/mol. The third-order valence-corrected chi connectivity index (χ3v) is 5.66. The van der Waals surface area contributed by atoms with E-state index in [2.05, 4.69) is 27.4 Å². The summed E-state index contributed by atoms with van der Waals surface area (Å²) in [4.78, 5) is 4.28. The second-order valence-electron chi connectivity index (χ2n) is 6.00. The molecule has 2 fully saturated rings. The molecule has 2 rings (SSSR count). The normalized spacial score (nSPS) is 24.2. The molecule has 1 aliphatic carbocycles. The zero-order chi connectivity index (χ0) is 14.8. The van der Waals surface area contributed by atoms with Gasteiger partial charge in [-0.05, 0) is 37.9 Å². The predicted molar refractivity (Wildman–Crippen MR) is 92.3 cm³/mol. The van der Waals surface area contributed by atoms with Crippen LogP contribution in [0.3, 0.4) is 0 Å². The Labute approximate surface area is 133 Å². The lowest BCUT2D eigenvalue weighted by molar-refractivity contribution is 0.0277. The van der Waals surface area contributed by atoms with Crippen LogP contribution in [-0.4, -0.2) is 49.8 Å². The fourth-order valence-corrected chi connectivity index (χ4v) is 4.20. The van der Waals surface area contributed by atoms with Crippen molar-refractivity contribution in [1.82, 2.24) is 10.6 Å². The second-order valence-corrected chi connectivity index (χ2v) is 7.41. The topological polar surface area (TPSA) is 45.7 Å². The summed E-state index contributed by atoms with van der Waals surface area (Å²) in [5.41, 5.74) is 0. The van der Waals surface area contributed by atoms with Gasteiger partial charge in [-0.3, -0.25) is 4.99 Å². The number of hydrogen-bond donors (Lipinski definition) is 2. The first kappa shape index (κ1) is 16.9. The minimum Gasteiger partial charge on any atom is -0.378 e. The number of guanidine groups is 1. The quantitative estimate of drug-likeness (QED) is 0.431. The minimum atomic E-state index is 0.524. The van der Waals surface area contributed by atoms with Gasteiger partial charge in [-0.2, -0.15) is 11.8 Å². The fraction of sp³-hybridized carbons (Fsp3) is 0.938. The van der Waals surface area contributed by atoms with Gasteiger partial charge < -0.3 is 15.4 Å². The van der Waals surface area contributed by atoms with Gasteiger partial charge in [0.05, 0.1) is 6.10 Å². The van der Waals surface area contributed by atoms with Crippen molar-refractivity contribution in [3.8, 4) is 0 Å². The number of hydrogen-bond acceptors (Lipinski definition) is 3. The van der Waals surface area contributed by atoms with Gasteiger partial charge in [-0.25, -0.2) is 0 Å². The zero-order valence-electron chi connectivity index (χ0n) is 13.4. The van der Waals surface area contributed by atoms with E-state index in [9.17, 15) is 0 Å². The molecule has 2 aliphatic rings. The van der Waals surface area contributed by atoms with Gasteiger partial charge in [0.25, 0.3) is 0 Å². The number of thioether (sulfide) groups is 1. The summed E-state index contributed by atoms with van der Waals surface area (Å²) in [5, 5.41) is 7.57. The Morgan fingerprint density at radius 2 is 2.00 bits per heavy atom. The van der Waals surface area contributed by atoms with Crippen molar-refractivity contribution in [3.63, 3.8) is 0 Å². The predicted octanol–water partition coefficient (Wildman–Crippen LogP) is 2.79. The van der Waals surface area contributed by atoms with Crippen LogP contribution in [0.15, 0.2) is 4.99 Å². The molecular weight excluding hydrogens is 282 g/mol. The van der Waals surface area contributed by atoms with E-state index in [1.165, 1.54) is 50.7 Å². The van der Waals surface area contributed by atoms with Crippen LogP contribution in [-0.2, 0) is 4.74 Å². The molecular formula is C16H31N3OS. The van der Waals surface area contributed by atoms with Crippen molar-refractivity contribution >= 4 is 17.7 Å². The highest BCUT2D eigenvalue weighted by Gasteiger charge is 2.15. The largest absolute Gasteiger partial charge is 0.378 e. The summed E-state index contributed by atoms with van der Waals surface area (Å²) in [7, 11) is 1.84. The van der Waals surface area contributed by atoms with E-state index in [0.29, 0.717) is 6.10 Å². The SMILES string of the molecule is CN=C(NCCCOC1CCCCC1)NCC1CCCS1. The Kier molecular flexibility index (Phi) is 8.33. The fourth-order valence-electron chi connectivity index (χ4n) is 3.00. The first-order chi connectivity index (χ1) is 10.4. The first-order valence-electron chi connectivity index (χ1n) is 8.56. The molecule has 0 aromatic carbocycles. The molecule has 1 saturated heterocycles. The summed E-state index contributed by atoms with van der Waals surface area (Å²) in [6.45, 7) is 2.83. The maximum atomic E-state index is 5.94. The van der Waals surface area contributed by atoms with Crippen LogP contribution in [0.1, 0.15) is 51.4 Å². The van der Waals surface area contributed by atoms with E-state index in [1.807, 2.05) is 7.05 Å². The lowest BCUT2D eigenvalue weighted by Crippen LogP contribution is -2.40. The van der Waals surface area contributed by atoms with E-state index >= 15 is 0 Å². The Hall–Kier alpha value is -0.420. The van der Waals surface area contributed by atoms with Gasteiger partial charge in [0, 0.05) is 32.0 Å². The zero-order valence-corrected chi connectivity index (χ0v) is 14.2. The highest BCUT2D eigenvalue weighted by molar-refractivity contribution is 8.00. The molecule has 0 spiro atoms. The van der Waals surface area contributed by atoms with Gasteiger partial charge >= 0.3 is 0 Å². The molecule has 0 radical (unpaired) electrons. The van der Waals surface area contributed by atoms with Crippen LogP contribution in [0.4, 0.5) is 0 Å². The Morgan fingerprint density at radius 3 is 2.71 bits per heavy atom. The summed E-state index contributed by atoms with van der Waals surface area (Å²) in [6.07, 6.45) is 10.9. The van der Waals surface area contributed by atoms with Crippen LogP contribution in [0.2, 0.25) is 0 Å². The average molecular weight is 314 g/mol. The number of rotatable bonds is 7. The smallest absolute Gasteiger partial charge is 0.191 e. The van der Waals surface area contributed by atoms with Gasteiger partial charge in [-0.15, -0.1) is 0 Å². The highest BCUT2D eigenvalue weighted by Crippen LogP contribution is 2.25. The Bertz CT molecular complexity index is 300. The lowest BCUT2D eigenvalue weighted by Gasteiger charge is -2.22. The average Bonchev–Trinajstić information content (AvgIpc) is 3.04. The Morgan fingerprint density at radius 1 is 1.14 bits per heavy atom. The molecule has 0 amide bonds. The van der Waals surface area contributed by atoms with Crippen LogP contribution in [0, 0.1) is 0 Å². The molecule has 0 aromatic rings. The standard InChI is InChI=1S/C16H31N3OS/c1-17-16(19-13-15-9-5-12-21-15)18-10-6-11-20-14-7-3-2-4-8-14/h14-15H,2-13H2,1H3,(H2,17,18,19). The maximum Gasteiger partial charge on any atom is 0.191 e. The van der Waals surface area contributed by atoms with Crippen molar-refractivity contribution in [1.29, 1.82) is 0 Å². The molecule has 5 heteroatoms. The van der Waals surface area contributed by atoms with E-state index < -0.39 is 0 Å². The molecule has 2 N–H and O–H groups in total. The molecule has 122 valence electrons.